The Labute approximate surface area is 197 Å². The Morgan fingerprint density at radius 3 is 1.91 bits per heavy atom. The van der Waals surface area contributed by atoms with Crippen LogP contribution in [0.1, 0.15) is 18.7 Å². The van der Waals surface area contributed by atoms with Crippen molar-refractivity contribution < 1.29 is 50.9 Å². The Bertz CT molecular complexity index is 798. The number of hydrogen-bond acceptors (Lipinski definition) is 6. The highest BCUT2D eigenvalue weighted by molar-refractivity contribution is 5.73. The van der Waals surface area contributed by atoms with Gasteiger partial charge in [0.25, 0.3) is 0 Å². The van der Waals surface area contributed by atoms with E-state index in [4.69, 9.17) is 24.5 Å². The molecule has 3 aliphatic rings. The molecule has 0 radical (unpaired) electrons. The average molecular weight is 518 g/mol. The Balaban J connectivity index is 0.000000257. The topological polar surface area (TPSA) is 108 Å². The molecule has 200 valence electrons. The average Bonchev–Trinajstić information content (AvgIpc) is 3.49. The van der Waals surface area contributed by atoms with Crippen LogP contribution in [0.3, 0.4) is 0 Å². The van der Waals surface area contributed by atoms with E-state index in [1.54, 1.807) is 0 Å². The van der Waals surface area contributed by atoms with Gasteiger partial charge in [0.15, 0.2) is 0 Å². The maximum Gasteiger partial charge on any atom is 0.490 e. The Kier molecular flexibility index (Phi) is 10.3. The summed E-state index contributed by atoms with van der Waals surface area (Å²) in [5, 5.41) is 14.2. The number of hydrogen-bond donors (Lipinski definition) is 2. The number of aromatic nitrogens is 2. The molecule has 15 heteroatoms. The minimum absolute atomic E-state index is 0.706. The van der Waals surface area contributed by atoms with E-state index in [1.165, 1.54) is 38.3 Å². The summed E-state index contributed by atoms with van der Waals surface area (Å²) in [5.41, 5.74) is 0. The molecule has 0 amide bonds. The van der Waals surface area contributed by atoms with Crippen molar-refractivity contribution in [2.24, 2.45) is 11.8 Å². The lowest BCUT2D eigenvalue weighted by molar-refractivity contribution is -0.193. The molecule has 2 N–H and O–H groups in total. The summed E-state index contributed by atoms with van der Waals surface area (Å²) in [6, 6.07) is 0. The van der Waals surface area contributed by atoms with E-state index in [9.17, 15) is 26.3 Å². The maximum atomic E-state index is 10.6. The van der Waals surface area contributed by atoms with Gasteiger partial charge in [-0.1, -0.05) is 0 Å². The second kappa shape index (κ2) is 12.5. The fraction of sp³-hybridized carbons (Fsp3) is 0.750. The summed E-state index contributed by atoms with van der Waals surface area (Å²) >= 11 is 0. The van der Waals surface area contributed by atoms with Crippen LogP contribution in [0.25, 0.3) is 0 Å². The Morgan fingerprint density at radius 1 is 0.914 bits per heavy atom. The van der Waals surface area contributed by atoms with Gasteiger partial charge in [-0.2, -0.15) is 26.3 Å². The highest BCUT2D eigenvalue weighted by atomic mass is 19.4. The number of carbonyl (C=O) groups is 2. The first-order valence-corrected chi connectivity index (χ1v) is 10.9. The molecule has 0 bridgehead atoms. The number of rotatable bonds is 4. The van der Waals surface area contributed by atoms with Crippen molar-refractivity contribution in [2.75, 3.05) is 45.9 Å². The second-order valence-electron chi connectivity index (χ2n) is 8.52. The van der Waals surface area contributed by atoms with Crippen molar-refractivity contribution in [3.8, 4) is 0 Å². The molecule has 1 atom stereocenters. The lowest BCUT2D eigenvalue weighted by atomic mass is 10.1. The molecule has 2 fully saturated rings. The number of nitrogens with zero attached hydrogens (tertiary/aromatic N) is 4. The van der Waals surface area contributed by atoms with Crippen LogP contribution in [0, 0.1) is 11.8 Å². The van der Waals surface area contributed by atoms with E-state index >= 15 is 0 Å². The second-order valence-corrected chi connectivity index (χ2v) is 8.52. The van der Waals surface area contributed by atoms with Crippen molar-refractivity contribution in [1.82, 2.24) is 19.4 Å². The highest BCUT2D eigenvalue weighted by Gasteiger charge is 2.39. The highest BCUT2D eigenvalue weighted by Crippen LogP contribution is 2.31. The van der Waals surface area contributed by atoms with E-state index in [2.05, 4.69) is 25.5 Å². The molecule has 1 aliphatic carbocycles. The fourth-order valence-electron chi connectivity index (χ4n) is 3.69. The summed E-state index contributed by atoms with van der Waals surface area (Å²) in [6.45, 7) is 9.82. The van der Waals surface area contributed by atoms with Gasteiger partial charge in [0.05, 0.1) is 19.8 Å². The molecule has 0 aromatic carbocycles. The molecular weight excluding hydrogens is 490 g/mol. The molecule has 1 saturated heterocycles. The van der Waals surface area contributed by atoms with E-state index < -0.39 is 24.3 Å². The first kappa shape index (κ1) is 28.8. The van der Waals surface area contributed by atoms with E-state index in [1.807, 2.05) is 6.20 Å². The van der Waals surface area contributed by atoms with Gasteiger partial charge in [-0.25, -0.2) is 14.6 Å². The van der Waals surface area contributed by atoms with E-state index in [-0.39, 0.29) is 0 Å². The van der Waals surface area contributed by atoms with Gasteiger partial charge in [-0.15, -0.1) is 0 Å². The van der Waals surface area contributed by atoms with Gasteiger partial charge in [0.1, 0.15) is 5.82 Å². The van der Waals surface area contributed by atoms with Crippen LogP contribution in [-0.4, -0.2) is 99.8 Å². The van der Waals surface area contributed by atoms with Gasteiger partial charge in [-0.3, -0.25) is 9.80 Å². The number of carboxylic acids is 2. The summed E-state index contributed by atoms with van der Waals surface area (Å²) in [6.07, 6.45) is -3.19. The number of imidazole rings is 1. The zero-order valence-corrected chi connectivity index (χ0v) is 18.8. The Hall–Kier alpha value is -2.39. The normalized spacial score (nSPS) is 21.5. The molecule has 2 aliphatic heterocycles. The summed E-state index contributed by atoms with van der Waals surface area (Å²) in [4.78, 5) is 27.6. The van der Waals surface area contributed by atoms with E-state index in [0.717, 1.165) is 45.3 Å². The van der Waals surface area contributed by atoms with Gasteiger partial charge in [-0.05, 0) is 18.8 Å². The van der Waals surface area contributed by atoms with Gasteiger partial charge in [0, 0.05) is 57.6 Å². The molecular formula is C20H28F6N4O5. The maximum absolute atomic E-state index is 10.6. The van der Waals surface area contributed by atoms with Gasteiger partial charge >= 0.3 is 24.3 Å². The van der Waals surface area contributed by atoms with E-state index in [0.29, 0.717) is 5.92 Å². The molecule has 3 heterocycles. The molecule has 0 spiro atoms. The largest absolute Gasteiger partial charge is 0.490 e. The molecule has 1 unspecified atom stereocenters. The summed E-state index contributed by atoms with van der Waals surface area (Å²) < 4.78 is 71.3. The predicted octanol–water partition coefficient (Wildman–Crippen LogP) is 2.32. The number of halogens is 6. The molecule has 1 saturated carbocycles. The third-order valence-electron chi connectivity index (χ3n) is 5.46. The number of carboxylic acid groups (broad SMARTS) is 2. The fourth-order valence-corrected chi connectivity index (χ4v) is 3.69. The molecule has 4 rings (SSSR count). The smallest absolute Gasteiger partial charge is 0.475 e. The zero-order valence-electron chi connectivity index (χ0n) is 18.8. The number of fused-ring (bicyclic) bond motifs is 1. The van der Waals surface area contributed by atoms with Crippen molar-refractivity contribution in [3.05, 3.63) is 18.2 Å². The monoisotopic (exact) mass is 518 g/mol. The molecule has 1 aromatic rings. The lowest BCUT2D eigenvalue weighted by Crippen LogP contribution is -2.42. The molecule has 9 nitrogen and oxygen atoms in total. The lowest BCUT2D eigenvalue weighted by Gasteiger charge is -2.31. The first-order valence-electron chi connectivity index (χ1n) is 10.9. The van der Waals surface area contributed by atoms with Crippen LogP contribution >= 0.6 is 0 Å². The van der Waals surface area contributed by atoms with Crippen molar-refractivity contribution >= 4 is 11.9 Å². The zero-order chi connectivity index (χ0) is 26.2. The van der Waals surface area contributed by atoms with Crippen LogP contribution in [0.2, 0.25) is 0 Å². The predicted molar refractivity (Wildman–Crippen MR) is 108 cm³/mol. The molecule has 1 aromatic heterocycles. The van der Waals surface area contributed by atoms with Crippen LogP contribution in [-0.2, 0) is 27.4 Å². The number of aliphatic carboxylic acids is 2. The van der Waals surface area contributed by atoms with Crippen molar-refractivity contribution in [3.63, 3.8) is 0 Å². The Morgan fingerprint density at radius 2 is 1.43 bits per heavy atom. The minimum Gasteiger partial charge on any atom is -0.475 e. The van der Waals surface area contributed by atoms with Crippen molar-refractivity contribution in [1.29, 1.82) is 0 Å². The number of alkyl halides is 6. The van der Waals surface area contributed by atoms with Crippen LogP contribution in [0.15, 0.2) is 12.4 Å². The van der Waals surface area contributed by atoms with Crippen molar-refractivity contribution in [2.45, 2.75) is 38.3 Å². The quantitative estimate of drug-likeness (QED) is 0.585. The number of morpholine rings is 1. The van der Waals surface area contributed by atoms with Crippen LogP contribution in [0.5, 0.6) is 0 Å². The minimum atomic E-state index is -5.08. The molecule has 35 heavy (non-hydrogen) atoms. The third kappa shape index (κ3) is 10.8. The van der Waals surface area contributed by atoms with Gasteiger partial charge in [0.2, 0.25) is 0 Å². The SMILES string of the molecule is O=C(O)C(F)(F)F.O=C(O)C(F)(F)F.c1cn2c(n1)CN(CC1CC1)CC(CN1CCOCC1)C2. The first-order chi connectivity index (χ1) is 16.3. The van der Waals surface area contributed by atoms with Gasteiger partial charge < -0.3 is 19.5 Å². The van der Waals surface area contributed by atoms with Crippen LogP contribution < -0.4 is 0 Å². The standard InChI is InChI=1S/C16H26N4O.2C2HF3O2/c1-2-14(1)9-19-11-15(10-18-5-7-21-8-6-18)12-20-4-3-17-16(20)13-19;2*3-2(4,5)1(6)7/h3-4,14-15H,1-2,5-13H2;2*(H,6,7). The third-order valence-corrected chi connectivity index (χ3v) is 5.46. The number of ether oxygens (including phenoxy) is 1. The summed E-state index contributed by atoms with van der Waals surface area (Å²) in [5.74, 6) is -2.60. The van der Waals surface area contributed by atoms with Crippen LogP contribution in [0.4, 0.5) is 26.3 Å². The summed E-state index contributed by atoms with van der Waals surface area (Å²) in [7, 11) is 0.